The third-order valence-corrected chi connectivity index (χ3v) is 5.47. The first kappa shape index (κ1) is 26.6. The average molecular weight is 480 g/mol. The molecule has 1 aromatic rings. The highest BCUT2D eigenvalue weighted by atomic mass is 19.1. The molecule has 0 spiro atoms. The fourth-order valence-corrected chi connectivity index (χ4v) is 3.74. The standard InChI is InChI=1S/C22H30FN5O6/c1-12(2)19(20(24)32)27-21(33)16-11-15(8-9-28(16)17(29)6-7-18(30)31)26-22(34)25-14-5-3-4-13(23)10-14/h3-5,10,12,15-16,19H,6-9,11H2,1-2H3,(H2,24,32)(H,27,33)(H,30,31)(H2,25,26,34)/t15-,16-,19+/m0/s1. The van der Waals surface area contributed by atoms with Crippen molar-refractivity contribution in [2.24, 2.45) is 11.7 Å². The van der Waals surface area contributed by atoms with E-state index in [2.05, 4.69) is 16.0 Å². The van der Waals surface area contributed by atoms with Gasteiger partial charge >= 0.3 is 12.0 Å². The third-order valence-electron chi connectivity index (χ3n) is 5.47. The molecule has 186 valence electrons. The lowest BCUT2D eigenvalue weighted by molar-refractivity contribution is -0.146. The lowest BCUT2D eigenvalue weighted by atomic mass is 9.94. The Bertz CT molecular complexity index is 940. The maximum atomic E-state index is 13.3. The molecule has 12 heteroatoms. The fraction of sp³-hybridized carbons (Fsp3) is 0.500. The van der Waals surface area contributed by atoms with Crippen LogP contribution >= 0.6 is 0 Å². The molecule has 0 radical (unpaired) electrons. The molecular formula is C22H30FN5O6. The molecule has 1 aliphatic heterocycles. The Labute approximate surface area is 196 Å². The number of carbonyl (C=O) groups is 5. The van der Waals surface area contributed by atoms with Crippen molar-refractivity contribution in [3.63, 3.8) is 0 Å². The number of aliphatic carboxylic acids is 1. The quantitative estimate of drug-likeness (QED) is 0.351. The van der Waals surface area contributed by atoms with E-state index in [1.54, 1.807) is 13.8 Å². The van der Waals surface area contributed by atoms with Crippen LogP contribution in [0.5, 0.6) is 0 Å². The molecule has 0 aliphatic carbocycles. The molecule has 34 heavy (non-hydrogen) atoms. The van der Waals surface area contributed by atoms with Crippen LogP contribution in [0.3, 0.4) is 0 Å². The van der Waals surface area contributed by atoms with Crippen LogP contribution in [0, 0.1) is 11.7 Å². The highest BCUT2D eigenvalue weighted by molar-refractivity contribution is 5.93. The van der Waals surface area contributed by atoms with Crippen LogP contribution in [0.15, 0.2) is 24.3 Å². The number of hydrogen-bond acceptors (Lipinski definition) is 5. The van der Waals surface area contributed by atoms with E-state index in [9.17, 15) is 28.4 Å². The zero-order valence-electron chi connectivity index (χ0n) is 19.0. The number of carbonyl (C=O) groups excluding carboxylic acids is 4. The van der Waals surface area contributed by atoms with Gasteiger partial charge in [0.2, 0.25) is 17.7 Å². The second-order valence-corrected chi connectivity index (χ2v) is 8.46. The number of nitrogens with one attached hydrogen (secondary N) is 3. The number of urea groups is 1. The van der Waals surface area contributed by atoms with Gasteiger partial charge in [0.05, 0.1) is 6.42 Å². The Balaban J connectivity index is 2.12. The number of hydrogen-bond donors (Lipinski definition) is 5. The van der Waals surface area contributed by atoms with Crippen LogP contribution < -0.4 is 21.7 Å². The maximum absolute atomic E-state index is 13.3. The fourth-order valence-electron chi connectivity index (χ4n) is 3.74. The third kappa shape index (κ3) is 7.71. The number of likely N-dealkylation sites (tertiary alicyclic amines) is 1. The molecule has 0 saturated carbocycles. The summed E-state index contributed by atoms with van der Waals surface area (Å²) in [4.78, 5) is 61.9. The molecular weight excluding hydrogens is 449 g/mol. The topological polar surface area (TPSA) is 171 Å². The van der Waals surface area contributed by atoms with Crippen LogP contribution in [0.1, 0.15) is 39.5 Å². The highest BCUT2D eigenvalue weighted by Crippen LogP contribution is 2.21. The van der Waals surface area contributed by atoms with Crippen molar-refractivity contribution < 1.29 is 33.5 Å². The summed E-state index contributed by atoms with van der Waals surface area (Å²) in [5.41, 5.74) is 5.62. The first-order valence-electron chi connectivity index (χ1n) is 10.9. The van der Waals surface area contributed by atoms with Gasteiger partial charge in [-0.3, -0.25) is 19.2 Å². The van der Waals surface area contributed by atoms with Gasteiger partial charge in [-0.15, -0.1) is 0 Å². The van der Waals surface area contributed by atoms with Crippen LogP contribution in [0.2, 0.25) is 0 Å². The summed E-state index contributed by atoms with van der Waals surface area (Å²) in [6.07, 6.45) is -0.342. The lowest BCUT2D eigenvalue weighted by Gasteiger charge is -2.39. The van der Waals surface area contributed by atoms with Crippen molar-refractivity contribution in [3.8, 4) is 0 Å². The number of carboxylic acids is 1. The molecule has 1 aromatic carbocycles. The highest BCUT2D eigenvalue weighted by Gasteiger charge is 2.38. The lowest BCUT2D eigenvalue weighted by Crippen LogP contribution is -2.60. The van der Waals surface area contributed by atoms with Crippen molar-refractivity contribution in [1.29, 1.82) is 0 Å². The summed E-state index contributed by atoms with van der Waals surface area (Å²) < 4.78 is 13.3. The van der Waals surface area contributed by atoms with Crippen molar-refractivity contribution in [2.45, 2.75) is 57.7 Å². The van der Waals surface area contributed by atoms with Crippen LogP contribution in [0.25, 0.3) is 0 Å². The SMILES string of the molecule is CC(C)[C@@H](NC(=O)[C@@H]1C[C@@H](NC(=O)Nc2cccc(F)c2)CCN1C(=O)CCC(=O)O)C(N)=O. The molecule has 1 saturated heterocycles. The van der Waals surface area contributed by atoms with Crippen LogP contribution in [-0.4, -0.2) is 64.4 Å². The van der Waals surface area contributed by atoms with E-state index < -0.39 is 60.1 Å². The molecule has 0 bridgehead atoms. The molecule has 3 atom stereocenters. The number of rotatable bonds is 9. The van der Waals surface area contributed by atoms with Gasteiger partial charge in [0.25, 0.3) is 0 Å². The number of halogens is 1. The second-order valence-electron chi connectivity index (χ2n) is 8.46. The largest absolute Gasteiger partial charge is 0.481 e. The monoisotopic (exact) mass is 479 g/mol. The minimum Gasteiger partial charge on any atom is -0.481 e. The van der Waals surface area contributed by atoms with E-state index in [-0.39, 0.29) is 31.0 Å². The number of nitrogens with zero attached hydrogens (tertiary/aromatic N) is 1. The van der Waals surface area contributed by atoms with Gasteiger partial charge in [-0.2, -0.15) is 0 Å². The Kier molecular flexibility index (Phi) is 9.34. The molecule has 11 nitrogen and oxygen atoms in total. The van der Waals surface area contributed by atoms with Gasteiger partial charge in [-0.25, -0.2) is 9.18 Å². The summed E-state index contributed by atoms with van der Waals surface area (Å²) in [6, 6.07) is 2.20. The Morgan fingerprint density at radius 3 is 2.50 bits per heavy atom. The van der Waals surface area contributed by atoms with Crippen molar-refractivity contribution in [1.82, 2.24) is 15.5 Å². The Hall–Kier alpha value is -3.70. The Morgan fingerprint density at radius 2 is 1.91 bits per heavy atom. The van der Waals surface area contributed by atoms with Gasteiger partial charge in [-0.05, 0) is 37.0 Å². The summed E-state index contributed by atoms with van der Waals surface area (Å²) in [7, 11) is 0. The van der Waals surface area contributed by atoms with Crippen molar-refractivity contribution in [2.75, 3.05) is 11.9 Å². The van der Waals surface area contributed by atoms with Crippen LogP contribution in [-0.2, 0) is 19.2 Å². The number of piperidine rings is 1. The number of primary amides is 1. The zero-order valence-corrected chi connectivity index (χ0v) is 19.0. The molecule has 1 fully saturated rings. The summed E-state index contributed by atoms with van der Waals surface area (Å²) in [5.74, 6) is -3.84. The van der Waals surface area contributed by atoms with E-state index >= 15 is 0 Å². The zero-order chi connectivity index (χ0) is 25.4. The van der Waals surface area contributed by atoms with Gasteiger partial charge in [0.1, 0.15) is 17.9 Å². The van der Waals surface area contributed by atoms with E-state index in [0.717, 1.165) is 6.07 Å². The van der Waals surface area contributed by atoms with Gasteiger partial charge in [-0.1, -0.05) is 19.9 Å². The number of nitrogens with two attached hydrogens (primary N) is 1. The maximum Gasteiger partial charge on any atom is 0.319 e. The number of benzene rings is 1. The first-order chi connectivity index (χ1) is 16.0. The number of carboxylic acid groups (broad SMARTS) is 1. The molecule has 2 rings (SSSR count). The molecule has 5 amide bonds. The molecule has 1 aliphatic rings. The van der Waals surface area contributed by atoms with Gasteiger partial charge in [0.15, 0.2) is 0 Å². The normalized spacial score (nSPS) is 18.6. The minimum atomic E-state index is -1.14. The molecule has 6 N–H and O–H groups in total. The van der Waals surface area contributed by atoms with Crippen LogP contribution in [0.4, 0.5) is 14.9 Å². The summed E-state index contributed by atoms with van der Waals surface area (Å²) in [5, 5.41) is 16.6. The van der Waals surface area contributed by atoms with Gasteiger partial charge < -0.3 is 31.7 Å². The number of amides is 5. The summed E-state index contributed by atoms with van der Waals surface area (Å²) >= 11 is 0. The first-order valence-corrected chi connectivity index (χ1v) is 10.9. The molecule has 0 unspecified atom stereocenters. The molecule has 0 aromatic heterocycles. The predicted octanol–water partition coefficient (Wildman–Crippen LogP) is 0.798. The van der Waals surface area contributed by atoms with E-state index in [1.165, 1.54) is 23.1 Å². The minimum absolute atomic E-state index is 0.0325. The summed E-state index contributed by atoms with van der Waals surface area (Å²) in [6.45, 7) is 3.49. The van der Waals surface area contributed by atoms with E-state index in [4.69, 9.17) is 10.8 Å². The Morgan fingerprint density at radius 1 is 1.21 bits per heavy atom. The number of anilines is 1. The van der Waals surface area contributed by atoms with Gasteiger partial charge in [0, 0.05) is 24.7 Å². The smallest absolute Gasteiger partial charge is 0.319 e. The average Bonchev–Trinajstić information content (AvgIpc) is 2.75. The van der Waals surface area contributed by atoms with Crippen molar-refractivity contribution in [3.05, 3.63) is 30.1 Å². The van der Waals surface area contributed by atoms with E-state index in [1.807, 2.05) is 0 Å². The molecule has 1 heterocycles. The predicted molar refractivity (Wildman–Crippen MR) is 120 cm³/mol. The van der Waals surface area contributed by atoms with E-state index in [0.29, 0.717) is 6.42 Å². The second kappa shape index (κ2) is 12.0. The van der Waals surface area contributed by atoms with Crippen molar-refractivity contribution >= 4 is 35.4 Å².